The van der Waals surface area contributed by atoms with Gasteiger partial charge >= 0.3 is 0 Å². The Morgan fingerprint density at radius 3 is 3.16 bits per heavy atom. The standard InChI is InChI=1S/C13H22N4O2/c1-16(13(18)12-9-14-5-7-19-12)6-3-4-11-8-15-17(2)10-11/h8,10,12,14H,3-7,9H2,1-2H3/t12-/m1/s1. The first-order valence-corrected chi connectivity index (χ1v) is 6.71. The van der Waals surface area contributed by atoms with Gasteiger partial charge in [0.1, 0.15) is 6.10 Å². The van der Waals surface area contributed by atoms with Gasteiger partial charge in [-0.3, -0.25) is 9.48 Å². The van der Waals surface area contributed by atoms with Crippen molar-refractivity contribution in [3.8, 4) is 0 Å². The van der Waals surface area contributed by atoms with Crippen molar-refractivity contribution in [2.75, 3.05) is 33.3 Å². The van der Waals surface area contributed by atoms with Gasteiger partial charge in [-0.25, -0.2) is 0 Å². The SMILES string of the molecule is CN(CCCc1cnn(C)c1)C(=O)[C@H]1CNCCO1. The van der Waals surface area contributed by atoms with E-state index in [1.165, 1.54) is 5.56 Å². The van der Waals surface area contributed by atoms with E-state index in [9.17, 15) is 4.79 Å². The highest BCUT2D eigenvalue weighted by Gasteiger charge is 2.24. The minimum Gasteiger partial charge on any atom is -0.366 e. The first-order chi connectivity index (χ1) is 9.16. The van der Waals surface area contributed by atoms with Crippen molar-refractivity contribution >= 4 is 5.91 Å². The van der Waals surface area contributed by atoms with Crippen LogP contribution in [0.2, 0.25) is 0 Å². The second-order valence-electron chi connectivity index (χ2n) is 4.95. The number of nitrogens with zero attached hydrogens (tertiary/aromatic N) is 3. The molecule has 1 fully saturated rings. The van der Waals surface area contributed by atoms with Gasteiger partial charge in [0.05, 0.1) is 12.8 Å². The van der Waals surface area contributed by atoms with Crippen LogP contribution in [-0.4, -0.2) is 60.0 Å². The predicted octanol–water partition coefficient (Wildman–Crippen LogP) is -0.200. The fourth-order valence-electron chi connectivity index (χ4n) is 2.20. The Labute approximate surface area is 113 Å². The van der Waals surface area contributed by atoms with Crippen LogP contribution in [0.1, 0.15) is 12.0 Å². The summed E-state index contributed by atoms with van der Waals surface area (Å²) in [5.74, 6) is 0.0680. The molecule has 1 atom stereocenters. The number of aryl methyl sites for hydroxylation is 2. The van der Waals surface area contributed by atoms with E-state index in [0.717, 1.165) is 25.9 Å². The summed E-state index contributed by atoms with van der Waals surface area (Å²) in [5.41, 5.74) is 1.21. The van der Waals surface area contributed by atoms with Crippen molar-refractivity contribution in [1.29, 1.82) is 0 Å². The molecule has 1 N–H and O–H groups in total. The molecule has 1 aromatic heterocycles. The van der Waals surface area contributed by atoms with Gasteiger partial charge < -0.3 is 15.0 Å². The van der Waals surface area contributed by atoms with Crippen LogP contribution in [0.4, 0.5) is 0 Å². The van der Waals surface area contributed by atoms with Gasteiger partial charge in [-0.15, -0.1) is 0 Å². The Morgan fingerprint density at radius 1 is 1.68 bits per heavy atom. The van der Waals surface area contributed by atoms with Crippen molar-refractivity contribution in [3.05, 3.63) is 18.0 Å². The summed E-state index contributed by atoms with van der Waals surface area (Å²) in [5, 5.41) is 7.30. The fourth-order valence-corrected chi connectivity index (χ4v) is 2.20. The van der Waals surface area contributed by atoms with Crippen LogP contribution in [0.25, 0.3) is 0 Å². The zero-order valence-corrected chi connectivity index (χ0v) is 11.6. The molecule has 0 spiro atoms. The van der Waals surface area contributed by atoms with Crippen molar-refractivity contribution < 1.29 is 9.53 Å². The Hall–Kier alpha value is -1.40. The third-order valence-corrected chi connectivity index (χ3v) is 3.30. The number of rotatable bonds is 5. The highest BCUT2D eigenvalue weighted by molar-refractivity contribution is 5.81. The molecule has 1 amide bonds. The van der Waals surface area contributed by atoms with Crippen molar-refractivity contribution in [1.82, 2.24) is 20.0 Å². The lowest BCUT2D eigenvalue weighted by Crippen LogP contribution is -2.48. The predicted molar refractivity (Wildman–Crippen MR) is 71.8 cm³/mol. The zero-order chi connectivity index (χ0) is 13.7. The summed E-state index contributed by atoms with van der Waals surface area (Å²) in [4.78, 5) is 13.8. The van der Waals surface area contributed by atoms with Gasteiger partial charge in [-0.2, -0.15) is 5.10 Å². The molecule has 0 bridgehead atoms. The van der Waals surface area contributed by atoms with Crippen LogP contribution in [-0.2, 0) is 23.0 Å². The molecule has 0 aromatic carbocycles. The van der Waals surface area contributed by atoms with Crippen LogP contribution in [0, 0.1) is 0 Å². The third-order valence-electron chi connectivity index (χ3n) is 3.30. The normalized spacial score (nSPS) is 19.4. The summed E-state index contributed by atoms with van der Waals surface area (Å²) in [6, 6.07) is 0. The average Bonchev–Trinajstić information content (AvgIpc) is 2.84. The van der Waals surface area contributed by atoms with Gasteiger partial charge in [0.15, 0.2) is 0 Å². The molecule has 1 aliphatic rings. The van der Waals surface area contributed by atoms with Crippen molar-refractivity contribution in [3.63, 3.8) is 0 Å². The van der Waals surface area contributed by atoms with E-state index < -0.39 is 0 Å². The summed E-state index contributed by atoms with van der Waals surface area (Å²) in [6.45, 7) is 2.80. The Kier molecular flexibility index (Phi) is 4.93. The number of morpholine rings is 1. The lowest BCUT2D eigenvalue weighted by molar-refractivity contribution is -0.143. The first kappa shape index (κ1) is 14.0. The van der Waals surface area contributed by atoms with E-state index in [-0.39, 0.29) is 12.0 Å². The maximum Gasteiger partial charge on any atom is 0.252 e. The van der Waals surface area contributed by atoms with E-state index in [0.29, 0.717) is 13.2 Å². The van der Waals surface area contributed by atoms with Gasteiger partial charge in [-0.05, 0) is 18.4 Å². The highest BCUT2D eigenvalue weighted by Crippen LogP contribution is 2.05. The topological polar surface area (TPSA) is 59.4 Å². The number of ether oxygens (including phenoxy) is 1. The molecule has 0 radical (unpaired) electrons. The minimum absolute atomic E-state index is 0.0680. The quantitative estimate of drug-likeness (QED) is 0.802. The van der Waals surface area contributed by atoms with Crippen LogP contribution >= 0.6 is 0 Å². The Balaban J connectivity index is 1.71. The molecule has 0 saturated carbocycles. The number of aromatic nitrogens is 2. The van der Waals surface area contributed by atoms with Crippen LogP contribution in [0.3, 0.4) is 0 Å². The number of amides is 1. The smallest absolute Gasteiger partial charge is 0.252 e. The molecular formula is C13H22N4O2. The summed E-state index contributed by atoms with van der Waals surface area (Å²) >= 11 is 0. The van der Waals surface area contributed by atoms with E-state index in [2.05, 4.69) is 10.4 Å². The average molecular weight is 266 g/mol. The van der Waals surface area contributed by atoms with Crippen LogP contribution < -0.4 is 5.32 Å². The van der Waals surface area contributed by atoms with Crippen molar-refractivity contribution in [2.24, 2.45) is 7.05 Å². The number of likely N-dealkylation sites (N-methyl/N-ethyl adjacent to an activating group) is 1. The minimum atomic E-state index is -0.322. The van der Waals surface area contributed by atoms with Crippen LogP contribution in [0.15, 0.2) is 12.4 Å². The molecule has 6 heteroatoms. The highest BCUT2D eigenvalue weighted by atomic mass is 16.5. The second kappa shape index (κ2) is 6.68. The summed E-state index contributed by atoms with van der Waals surface area (Å²) in [6.07, 6.45) is 5.44. The summed E-state index contributed by atoms with van der Waals surface area (Å²) < 4.78 is 7.26. The lowest BCUT2D eigenvalue weighted by Gasteiger charge is -2.27. The van der Waals surface area contributed by atoms with E-state index >= 15 is 0 Å². The molecule has 0 unspecified atom stereocenters. The Bertz CT molecular complexity index is 413. The number of carbonyl (C=O) groups excluding carboxylic acids is 1. The molecule has 1 saturated heterocycles. The molecule has 106 valence electrons. The molecule has 1 aromatic rings. The van der Waals surface area contributed by atoms with Gasteiger partial charge in [0, 0.05) is 39.9 Å². The monoisotopic (exact) mass is 266 g/mol. The maximum absolute atomic E-state index is 12.1. The van der Waals surface area contributed by atoms with Gasteiger partial charge in [-0.1, -0.05) is 0 Å². The first-order valence-electron chi connectivity index (χ1n) is 6.71. The molecule has 1 aliphatic heterocycles. The molecule has 0 aliphatic carbocycles. The second-order valence-corrected chi connectivity index (χ2v) is 4.95. The van der Waals surface area contributed by atoms with Crippen molar-refractivity contribution in [2.45, 2.75) is 18.9 Å². The third kappa shape index (κ3) is 4.04. The number of carbonyl (C=O) groups is 1. The molecule has 2 heterocycles. The zero-order valence-electron chi connectivity index (χ0n) is 11.6. The number of hydrogen-bond acceptors (Lipinski definition) is 4. The van der Waals surface area contributed by atoms with Crippen LogP contribution in [0.5, 0.6) is 0 Å². The maximum atomic E-state index is 12.1. The fraction of sp³-hybridized carbons (Fsp3) is 0.692. The van der Waals surface area contributed by atoms with E-state index in [4.69, 9.17) is 4.74 Å². The number of hydrogen-bond donors (Lipinski definition) is 1. The lowest BCUT2D eigenvalue weighted by atomic mass is 10.2. The molecular weight excluding hydrogens is 244 g/mol. The van der Waals surface area contributed by atoms with Gasteiger partial charge in [0.2, 0.25) is 0 Å². The van der Waals surface area contributed by atoms with E-state index in [1.807, 2.05) is 26.5 Å². The largest absolute Gasteiger partial charge is 0.366 e. The molecule has 2 rings (SSSR count). The molecule has 6 nitrogen and oxygen atoms in total. The molecule has 19 heavy (non-hydrogen) atoms. The van der Waals surface area contributed by atoms with E-state index in [1.54, 1.807) is 9.58 Å². The summed E-state index contributed by atoms with van der Waals surface area (Å²) in [7, 11) is 3.75. The Morgan fingerprint density at radius 2 is 2.53 bits per heavy atom. The number of nitrogens with one attached hydrogen (secondary N) is 1. The van der Waals surface area contributed by atoms with Gasteiger partial charge in [0.25, 0.3) is 5.91 Å².